The van der Waals surface area contributed by atoms with Gasteiger partial charge in [0.1, 0.15) is 0 Å². The molecule has 0 bridgehead atoms. The maximum absolute atomic E-state index is 3.74. The average Bonchev–Trinajstić information content (AvgIpc) is 3.22. The lowest BCUT2D eigenvalue weighted by molar-refractivity contribution is 0.360. The van der Waals surface area contributed by atoms with Gasteiger partial charge in [0.05, 0.1) is 0 Å². The first-order valence-corrected chi connectivity index (χ1v) is 7.83. The molecule has 2 fully saturated rings. The first kappa shape index (κ1) is 12.5. The van der Waals surface area contributed by atoms with Gasteiger partial charge in [0.25, 0.3) is 0 Å². The van der Waals surface area contributed by atoms with E-state index in [0.717, 1.165) is 12.5 Å². The highest BCUT2D eigenvalue weighted by molar-refractivity contribution is 9.10. The smallest absolute Gasteiger partial charge is 0.0412 e. The van der Waals surface area contributed by atoms with Crippen LogP contribution in [-0.4, -0.2) is 25.2 Å². The fourth-order valence-corrected chi connectivity index (χ4v) is 3.36. The third-order valence-electron chi connectivity index (χ3n) is 4.25. The third-order valence-corrected chi connectivity index (χ3v) is 4.75. The van der Waals surface area contributed by atoms with E-state index >= 15 is 0 Å². The van der Waals surface area contributed by atoms with E-state index in [9.17, 15) is 0 Å². The second-order valence-corrected chi connectivity index (χ2v) is 6.46. The molecule has 1 aliphatic heterocycles. The molecule has 1 saturated carbocycles. The standard InChI is InChI=1S/C15H21BrN2/c1-2-13-9-17-15(11-6-7-11)10-18(13)14-5-3-4-12(16)8-14/h3-5,8,11,13,15,17H,2,6-7,9-10H2,1H3. The summed E-state index contributed by atoms with van der Waals surface area (Å²) >= 11 is 3.58. The van der Waals surface area contributed by atoms with Gasteiger partial charge in [-0.3, -0.25) is 0 Å². The van der Waals surface area contributed by atoms with Crippen molar-refractivity contribution in [3.05, 3.63) is 28.7 Å². The highest BCUT2D eigenvalue weighted by Gasteiger charge is 2.36. The second-order valence-electron chi connectivity index (χ2n) is 5.55. The minimum Gasteiger partial charge on any atom is -0.366 e. The van der Waals surface area contributed by atoms with Crippen LogP contribution in [0.1, 0.15) is 26.2 Å². The molecule has 2 aliphatic rings. The van der Waals surface area contributed by atoms with Gasteiger partial charge in [0.15, 0.2) is 0 Å². The summed E-state index contributed by atoms with van der Waals surface area (Å²) in [4.78, 5) is 2.60. The van der Waals surface area contributed by atoms with Crippen LogP contribution < -0.4 is 10.2 Å². The summed E-state index contributed by atoms with van der Waals surface area (Å²) in [5.74, 6) is 0.928. The van der Waals surface area contributed by atoms with Crippen molar-refractivity contribution >= 4 is 21.6 Å². The lowest BCUT2D eigenvalue weighted by Crippen LogP contribution is -2.57. The van der Waals surface area contributed by atoms with Crippen LogP contribution in [0, 0.1) is 5.92 Å². The van der Waals surface area contributed by atoms with E-state index in [4.69, 9.17) is 0 Å². The van der Waals surface area contributed by atoms with Gasteiger partial charge in [-0.2, -0.15) is 0 Å². The largest absolute Gasteiger partial charge is 0.366 e. The number of anilines is 1. The molecule has 1 aromatic rings. The van der Waals surface area contributed by atoms with Crippen LogP contribution in [0.15, 0.2) is 28.7 Å². The number of rotatable bonds is 3. The van der Waals surface area contributed by atoms with Crippen LogP contribution in [-0.2, 0) is 0 Å². The van der Waals surface area contributed by atoms with Gasteiger partial charge in [-0.15, -0.1) is 0 Å². The normalized spacial score (nSPS) is 28.4. The summed E-state index contributed by atoms with van der Waals surface area (Å²) in [6, 6.07) is 10.1. The Morgan fingerprint density at radius 1 is 1.39 bits per heavy atom. The molecule has 18 heavy (non-hydrogen) atoms. The predicted molar refractivity (Wildman–Crippen MR) is 80.1 cm³/mol. The SMILES string of the molecule is CCC1CNC(C2CC2)CN1c1cccc(Br)c1. The highest BCUT2D eigenvalue weighted by atomic mass is 79.9. The highest BCUT2D eigenvalue weighted by Crippen LogP contribution is 2.35. The Labute approximate surface area is 118 Å². The minimum absolute atomic E-state index is 0.634. The molecule has 1 aliphatic carbocycles. The van der Waals surface area contributed by atoms with Crippen LogP contribution in [0.2, 0.25) is 0 Å². The number of halogens is 1. The molecule has 1 heterocycles. The molecule has 2 unspecified atom stereocenters. The fourth-order valence-electron chi connectivity index (χ4n) is 2.97. The van der Waals surface area contributed by atoms with Crippen LogP contribution in [0.3, 0.4) is 0 Å². The van der Waals surface area contributed by atoms with Crippen LogP contribution in [0.25, 0.3) is 0 Å². The zero-order valence-electron chi connectivity index (χ0n) is 10.9. The quantitative estimate of drug-likeness (QED) is 0.920. The van der Waals surface area contributed by atoms with Gasteiger partial charge in [-0.05, 0) is 43.4 Å². The Morgan fingerprint density at radius 3 is 2.89 bits per heavy atom. The Morgan fingerprint density at radius 2 is 2.22 bits per heavy atom. The fraction of sp³-hybridized carbons (Fsp3) is 0.600. The summed E-state index contributed by atoms with van der Waals surface area (Å²) in [6.07, 6.45) is 4.04. The van der Waals surface area contributed by atoms with E-state index in [2.05, 4.69) is 57.3 Å². The van der Waals surface area contributed by atoms with Gasteiger partial charge >= 0.3 is 0 Å². The van der Waals surface area contributed by atoms with E-state index in [1.165, 1.54) is 36.0 Å². The van der Waals surface area contributed by atoms with Crippen molar-refractivity contribution < 1.29 is 0 Å². The zero-order valence-corrected chi connectivity index (χ0v) is 12.5. The molecule has 1 N–H and O–H groups in total. The lowest BCUT2D eigenvalue weighted by atomic mass is 10.0. The summed E-state index contributed by atoms with van der Waals surface area (Å²) in [7, 11) is 0. The monoisotopic (exact) mass is 308 g/mol. The first-order valence-electron chi connectivity index (χ1n) is 7.03. The van der Waals surface area contributed by atoms with Gasteiger partial charge in [0.2, 0.25) is 0 Å². The second kappa shape index (κ2) is 5.22. The van der Waals surface area contributed by atoms with Gasteiger partial charge < -0.3 is 10.2 Å². The van der Waals surface area contributed by atoms with E-state index in [-0.39, 0.29) is 0 Å². The molecular weight excluding hydrogens is 288 g/mol. The van der Waals surface area contributed by atoms with Gasteiger partial charge in [-0.25, -0.2) is 0 Å². The predicted octanol–water partition coefficient (Wildman–Crippen LogP) is 3.42. The molecule has 0 amide bonds. The molecule has 1 aromatic carbocycles. The molecule has 98 valence electrons. The number of hydrogen-bond donors (Lipinski definition) is 1. The average molecular weight is 309 g/mol. The third kappa shape index (κ3) is 2.57. The van der Waals surface area contributed by atoms with Gasteiger partial charge in [0, 0.05) is 35.3 Å². The molecular formula is C15H21BrN2. The van der Waals surface area contributed by atoms with Crippen LogP contribution >= 0.6 is 15.9 Å². The maximum atomic E-state index is 3.74. The molecule has 0 aromatic heterocycles. The number of nitrogens with one attached hydrogen (secondary N) is 1. The molecule has 0 radical (unpaired) electrons. The van der Waals surface area contributed by atoms with Crippen LogP contribution in [0.5, 0.6) is 0 Å². The van der Waals surface area contributed by atoms with Crippen molar-refractivity contribution in [3.8, 4) is 0 Å². The Kier molecular flexibility index (Phi) is 3.62. The van der Waals surface area contributed by atoms with E-state index in [1.807, 2.05) is 0 Å². The topological polar surface area (TPSA) is 15.3 Å². The first-order chi connectivity index (χ1) is 8.78. The van der Waals surface area contributed by atoms with E-state index in [1.54, 1.807) is 0 Å². The van der Waals surface area contributed by atoms with Crippen molar-refractivity contribution in [3.63, 3.8) is 0 Å². The lowest BCUT2D eigenvalue weighted by Gasteiger charge is -2.42. The van der Waals surface area contributed by atoms with E-state index < -0.39 is 0 Å². The zero-order chi connectivity index (χ0) is 12.5. The number of piperazine rings is 1. The number of nitrogens with zero attached hydrogens (tertiary/aromatic N) is 1. The molecule has 1 saturated heterocycles. The Hall–Kier alpha value is -0.540. The van der Waals surface area contributed by atoms with Crippen LogP contribution in [0.4, 0.5) is 5.69 Å². The molecule has 2 atom stereocenters. The van der Waals surface area contributed by atoms with Gasteiger partial charge in [-0.1, -0.05) is 28.9 Å². The molecule has 3 rings (SSSR count). The summed E-state index contributed by atoms with van der Waals surface area (Å²) < 4.78 is 1.18. The van der Waals surface area contributed by atoms with E-state index in [0.29, 0.717) is 12.1 Å². The number of benzene rings is 1. The maximum Gasteiger partial charge on any atom is 0.0412 e. The summed E-state index contributed by atoms with van der Waals surface area (Å²) in [6.45, 7) is 4.58. The summed E-state index contributed by atoms with van der Waals surface area (Å²) in [5, 5.41) is 3.74. The molecule has 0 spiro atoms. The molecule has 3 heteroatoms. The Bertz CT molecular complexity index is 417. The van der Waals surface area contributed by atoms with Crippen molar-refractivity contribution in [2.75, 3.05) is 18.0 Å². The number of hydrogen-bond acceptors (Lipinski definition) is 2. The van der Waals surface area contributed by atoms with Crippen molar-refractivity contribution in [2.45, 2.75) is 38.3 Å². The minimum atomic E-state index is 0.634. The molecule has 2 nitrogen and oxygen atoms in total. The summed E-state index contributed by atoms with van der Waals surface area (Å²) in [5.41, 5.74) is 1.36. The van der Waals surface area contributed by atoms with Crippen molar-refractivity contribution in [2.24, 2.45) is 5.92 Å². The Balaban J connectivity index is 1.80. The van der Waals surface area contributed by atoms with Crippen molar-refractivity contribution in [1.29, 1.82) is 0 Å². The van der Waals surface area contributed by atoms with Crippen molar-refractivity contribution in [1.82, 2.24) is 5.32 Å².